The zero-order valence-electron chi connectivity index (χ0n) is 18.1. The normalized spacial score (nSPS) is 11.3. The number of rotatable bonds is 4. The van der Waals surface area contributed by atoms with Crippen molar-refractivity contribution >= 4 is 22.7 Å². The first-order valence-electron chi connectivity index (χ1n) is 10.7. The number of benzene rings is 4. The first-order valence-corrected chi connectivity index (χ1v) is 10.7. The molecule has 0 aliphatic rings. The molecule has 160 valence electrons. The quantitative estimate of drug-likeness (QED) is 0.334. The minimum atomic E-state index is -0.267. The van der Waals surface area contributed by atoms with Crippen LogP contribution in [0.25, 0.3) is 27.6 Å². The standard InChI is InChI=1S/C29H22N2O2/c1-20-11-17-24(18-12-20)31-28(32)26-10-6-5-9-25(26)27(29(31)33)19-30-23-15-13-22(14-16-23)21-7-3-2-4-8-21/h2-19,33H,1H3. The largest absolute Gasteiger partial charge is 0.494 e. The van der Waals surface area contributed by atoms with Gasteiger partial charge in [0.1, 0.15) is 0 Å². The molecule has 0 aliphatic carbocycles. The predicted molar refractivity (Wildman–Crippen MR) is 135 cm³/mol. The number of fused-ring (bicyclic) bond motifs is 1. The van der Waals surface area contributed by atoms with Crippen molar-refractivity contribution in [2.45, 2.75) is 6.92 Å². The number of nitrogens with zero attached hydrogens (tertiary/aromatic N) is 2. The molecule has 5 rings (SSSR count). The van der Waals surface area contributed by atoms with Gasteiger partial charge >= 0.3 is 0 Å². The zero-order valence-corrected chi connectivity index (χ0v) is 18.1. The minimum absolute atomic E-state index is 0.132. The van der Waals surface area contributed by atoms with Crippen LogP contribution in [0, 0.1) is 6.92 Å². The minimum Gasteiger partial charge on any atom is -0.494 e. The van der Waals surface area contributed by atoms with E-state index in [1.807, 2.05) is 91.9 Å². The Kier molecular flexibility index (Phi) is 5.33. The van der Waals surface area contributed by atoms with Crippen LogP contribution in [0.5, 0.6) is 5.88 Å². The lowest BCUT2D eigenvalue weighted by Gasteiger charge is -2.14. The predicted octanol–water partition coefficient (Wildman–Crippen LogP) is 6.42. The molecule has 4 heteroatoms. The van der Waals surface area contributed by atoms with Gasteiger partial charge in [-0.2, -0.15) is 0 Å². The fourth-order valence-electron chi connectivity index (χ4n) is 3.93. The summed E-state index contributed by atoms with van der Waals surface area (Å²) in [6.07, 6.45) is 1.62. The van der Waals surface area contributed by atoms with E-state index in [2.05, 4.69) is 17.1 Å². The van der Waals surface area contributed by atoms with E-state index < -0.39 is 0 Å². The summed E-state index contributed by atoms with van der Waals surface area (Å²) in [5.41, 5.74) is 4.92. The van der Waals surface area contributed by atoms with Crippen molar-refractivity contribution in [2.75, 3.05) is 0 Å². The third kappa shape index (κ3) is 3.94. The second-order valence-corrected chi connectivity index (χ2v) is 7.93. The SMILES string of the molecule is Cc1ccc(-n2c(O)c(C=Nc3ccc(-c4ccccc4)cc3)c3ccccc3c2=O)cc1. The Morgan fingerprint density at radius 2 is 1.33 bits per heavy atom. The number of pyridine rings is 1. The molecule has 0 bridgehead atoms. The lowest BCUT2D eigenvalue weighted by atomic mass is 10.1. The van der Waals surface area contributed by atoms with Crippen molar-refractivity contribution in [3.05, 3.63) is 125 Å². The Bertz CT molecular complexity index is 1520. The van der Waals surface area contributed by atoms with Gasteiger partial charge in [0, 0.05) is 17.0 Å². The Morgan fingerprint density at radius 1 is 0.727 bits per heavy atom. The van der Waals surface area contributed by atoms with Crippen LogP contribution >= 0.6 is 0 Å². The van der Waals surface area contributed by atoms with Crippen LogP contribution in [0.4, 0.5) is 5.69 Å². The first-order chi connectivity index (χ1) is 16.1. The molecule has 0 saturated carbocycles. The summed E-state index contributed by atoms with van der Waals surface area (Å²) in [6, 6.07) is 32.8. The number of hydrogen-bond donors (Lipinski definition) is 1. The summed E-state index contributed by atoms with van der Waals surface area (Å²) in [4.78, 5) is 17.8. The molecular formula is C29H22N2O2. The van der Waals surface area contributed by atoms with E-state index in [0.717, 1.165) is 22.4 Å². The molecule has 4 aromatic carbocycles. The maximum atomic E-state index is 13.2. The van der Waals surface area contributed by atoms with Crippen molar-refractivity contribution < 1.29 is 5.11 Å². The van der Waals surface area contributed by atoms with Gasteiger partial charge in [0.25, 0.3) is 5.56 Å². The second-order valence-electron chi connectivity index (χ2n) is 7.93. The van der Waals surface area contributed by atoms with Gasteiger partial charge in [0.05, 0.1) is 16.9 Å². The van der Waals surface area contributed by atoms with Crippen LogP contribution in [-0.4, -0.2) is 15.9 Å². The molecule has 0 fully saturated rings. The van der Waals surface area contributed by atoms with E-state index in [1.165, 1.54) is 4.57 Å². The molecule has 33 heavy (non-hydrogen) atoms. The third-order valence-electron chi connectivity index (χ3n) is 5.71. The molecule has 0 saturated heterocycles. The van der Waals surface area contributed by atoms with Gasteiger partial charge in [-0.3, -0.25) is 9.79 Å². The van der Waals surface area contributed by atoms with Crippen molar-refractivity contribution in [1.29, 1.82) is 0 Å². The van der Waals surface area contributed by atoms with E-state index in [-0.39, 0.29) is 11.4 Å². The summed E-state index contributed by atoms with van der Waals surface area (Å²) in [5, 5.41) is 12.3. The first kappa shape index (κ1) is 20.5. The lowest BCUT2D eigenvalue weighted by Crippen LogP contribution is -2.20. The third-order valence-corrected chi connectivity index (χ3v) is 5.71. The molecular weight excluding hydrogens is 408 g/mol. The van der Waals surface area contributed by atoms with Crippen LogP contribution in [-0.2, 0) is 0 Å². The number of aliphatic imine (C=N–C) groups is 1. The molecule has 0 radical (unpaired) electrons. The highest BCUT2D eigenvalue weighted by Gasteiger charge is 2.16. The fourth-order valence-corrected chi connectivity index (χ4v) is 3.93. The summed E-state index contributed by atoms with van der Waals surface area (Å²) in [7, 11) is 0. The Morgan fingerprint density at radius 3 is 2.03 bits per heavy atom. The Labute approximate surface area is 191 Å². The molecule has 5 aromatic rings. The van der Waals surface area contributed by atoms with E-state index in [4.69, 9.17) is 0 Å². The van der Waals surface area contributed by atoms with Crippen molar-refractivity contribution in [2.24, 2.45) is 4.99 Å². The summed E-state index contributed by atoms with van der Waals surface area (Å²) >= 11 is 0. The van der Waals surface area contributed by atoms with Crippen LogP contribution < -0.4 is 5.56 Å². The smallest absolute Gasteiger partial charge is 0.265 e. The van der Waals surface area contributed by atoms with Crippen LogP contribution in [0.1, 0.15) is 11.1 Å². The fraction of sp³-hybridized carbons (Fsp3) is 0.0345. The van der Waals surface area contributed by atoms with Gasteiger partial charge in [-0.25, -0.2) is 4.57 Å². The van der Waals surface area contributed by atoms with Gasteiger partial charge in [-0.15, -0.1) is 0 Å². The van der Waals surface area contributed by atoms with Gasteiger partial charge in [0.15, 0.2) is 0 Å². The van der Waals surface area contributed by atoms with Gasteiger partial charge in [-0.1, -0.05) is 78.4 Å². The highest BCUT2D eigenvalue weighted by atomic mass is 16.3. The number of aromatic hydroxyl groups is 1. The molecule has 0 aliphatic heterocycles. The highest BCUT2D eigenvalue weighted by Crippen LogP contribution is 2.27. The van der Waals surface area contributed by atoms with E-state index in [0.29, 0.717) is 22.0 Å². The summed E-state index contributed by atoms with van der Waals surface area (Å²) in [6.45, 7) is 1.98. The van der Waals surface area contributed by atoms with E-state index in [1.54, 1.807) is 12.3 Å². The van der Waals surface area contributed by atoms with Gasteiger partial charge < -0.3 is 5.11 Å². The van der Waals surface area contributed by atoms with Gasteiger partial charge in [0.2, 0.25) is 5.88 Å². The average Bonchev–Trinajstić information content (AvgIpc) is 2.86. The second kappa shape index (κ2) is 8.60. The van der Waals surface area contributed by atoms with E-state index in [9.17, 15) is 9.90 Å². The molecule has 1 heterocycles. The van der Waals surface area contributed by atoms with E-state index >= 15 is 0 Å². The molecule has 0 spiro atoms. The van der Waals surface area contributed by atoms with Crippen LogP contribution in [0.3, 0.4) is 0 Å². The van der Waals surface area contributed by atoms with Crippen LogP contribution in [0.2, 0.25) is 0 Å². The maximum absolute atomic E-state index is 13.2. The van der Waals surface area contributed by atoms with Crippen molar-refractivity contribution in [3.8, 4) is 22.7 Å². The molecule has 0 unspecified atom stereocenters. The summed E-state index contributed by atoms with van der Waals surface area (Å²) < 4.78 is 1.33. The number of aromatic nitrogens is 1. The molecule has 0 amide bonds. The van der Waals surface area contributed by atoms with Crippen molar-refractivity contribution in [1.82, 2.24) is 4.57 Å². The number of aryl methyl sites for hydroxylation is 1. The Hall–Kier alpha value is -4.44. The maximum Gasteiger partial charge on any atom is 0.265 e. The molecule has 1 aromatic heterocycles. The Balaban J connectivity index is 1.60. The molecule has 1 N–H and O–H groups in total. The number of hydrogen-bond acceptors (Lipinski definition) is 3. The van der Waals surface area contributed by atoms with Crippen LogP contribution in [0.15, 0.2) is 113 Å². The summed E-state index contributed by atoms with van der Waals surface area (Å²) in [5.74, 6) is -0.132. The van der Waals surface area contributed by atoms with Crippen molar-refractivity contribution in [3.63, 3.8) is 0 Å². The van der Waals surface area contributed by atoms with Gasteiger partial charge in [-0.05, 0) is 48.4 Å². The zero-order chi connectivity index (χ0) is 22.8. The highest BCUT2D eigenvalue weighted by molar-refractivity contribution is 6.02. The molecule has 4 nitrogen and oxygen atoms in total. The monoisotopic (exact) mass is 430 g/mol. The molecule has 0 atom stereocenters. The average molecular weight is 431 g/mol. The topological polar surface area (TPSA) is 54.6 Å². The lowest BCUT2D eigenvalue weighted by molar-refractivity contribution is 0.436.